The summed E-state index contributed by atoms with van der Waals surface area (Å²) in [4.78, 5) is 0. The first-order valence-corrected chi connectivity index (χ1v) is 7.99. The van der Waals surface area contributed by atoms with Crippen molar-refractivity contribution in [1.82, 2.24) is 0 Å². The second kappa shape index (κ2) is 6.81. The molecule has 17 heavy (non-hydrogen) atoms. The lowest BCUT2D eigenvalue weighted by Gasteiger charge is -2.44. The SMILES string of the molecule is CCCC(C)C(C1CCC1)C(C)C(C)C(C)C. The molecule has 0 aromatic carbocycles. The third-order valence-electron chi connectivity index (χ3n) is 5.58. The summed E-state index contributed by atoms with van der Waals surface area (Å²) >= 11 is 0. The van der Waals surface area contributed by atoms with Crippen molar-refractivity contribution in [3.05, 3.63) is 0 Å². The lowest BCUT2D eigenvalue weighted by Crippen LogP contribution is -2.36. The molecule has 102 valence electrons. The Kier molecular flexibility index (Phi) is 6.03. The van der Waals surface area contributed by atoms with Gasteiger partial charge in [0.2, 0.25) is 0 Å². The first-order chi connectivity index (χ1) is 7.99. The summed E-state index contributed by atoms with van der Waals surface area (Å²) in [6.07, 6.45) is 7.29. The van der Waals surface area contributed by atoms with Gasteiger partial charge in [0.05, 0.1) is 0 Å². The van der Waals surface area contributed by atoms with Crippen LogP contribution < -0.4 is 0 Å². The Bertz CT molecular complexity index is 202. The number of rotatable bonds is 7. The molecule has 4 unspecified atom stereocenters. The molecule has 0 N–H and O–H groups in total. The smallest absolute Gasteiger partial charge is 0.0332 e. The molecule has 0 heterocycles. The quantitative estimate of drug-likeness (QED) is 0.528. The Morgan fingerprint density at radius 3 is 1.88 bits per heavy atom. The van der Waals surface area contributed by atoms with E-state index in [4.69, 9.17) is 0 Å². The molecule has 0 saturated heterocycles. The normalized spacial score (nSPS) is 24.2. The Morgan fingerprint density at radius 1 is 0.941 bits per heavy atom. The molecule has 4 atom stereocenters. The van der Waals surface area contributed by atoms with Crippen LogP contribution in [0.1, 0.15) is 73.6 Å². The highest BCUT2D eigenvalue weighted by molar-refractivity contribution is 4.86. The van der Waals surface area contributed by atoms with E-state index in [2.05, 4.69) is 41.5 Å². The summed E-state index contributed by atoms with van der Waals surface area (Å²) in [6.45, 7) is 14.6. The highest BCUT2D eigenvalue weighted by Crippen LogP contribution is 2.45. The summed E-state index contributed by atoms with van der Waals surface area (Å²) in [7, 11) is 0. The maximum absolute atomic E-state index is 2.53. The number of hydrogen-bond acceptors (Lipinski definition) is 0. The molecule has 1 aliphatic carbocycles. The summed E-state index contributed by atoms with van der Waals surface area (Å²) in [5, 5.41) is 0. The molecule has 0 radical (unpaired) electrons. The summed E-state index contributed by atoms with van der Waals surface area (Å²) < 4.78 is 0. The lowest BCUT2D eigenvalue weighted by atomic mass is 9.62. The molecule has 0 nitrogen and oxygen atoms in total. The van der Waals surface area contributed by atoms with E-state index in [9.17, 15) is 0 Å². The van der Waals surface area contributed by atoms with E-state index in [1.54, 1.807) is 0 Å². The molecule has 1 saturated carbocycles. The molecule has 1 rings (SSSR count). The van der Waals surface area contributed by atoms with Crippen LogP contribution in [0.25, 0.3) is 0 Å². The van der Waals surface area contributed by atoms with Crippen molar-refractivity contribution < 1.29 is 0 Å². The predicted octanol–water partition coefficient (Wildman–Crippen LogP) is 5.77. The van der Waals surface area contributed by atoms with Crippen molar-refractivity contribution in [3.63, 3.8) is 0 Å². The third kappa shape index (κ3) is 3.73. The Morgan fingerprint density at radius 2 is 1.53 bits per heavy atom. The van der Waals surface area contributed by atoms with E-state index in [1.807, 2.05) is 0 Å². The summed E-state index contributed by atoms with van der Waals surface area (Å²) in [5.41, 5.74) is 0. The van der Waals surface area contributed by atoms with Gasteiger partial charge < -0.3 is 0 Å². The van der Waals surface area contributed by atoms with Gasteiger partial charge in [-0.1, -0.05) is 73.6 Å². The maximum Gasteiger partial charge on any atom is -0.0332 e. The Labute approximate surface area is 110 Å². The lowest BCUT2D eigenvalue weighted by molar-refractivity contribution is 0.0570. The van der Waals surface area contributed by atoms with Crippen LogP contribution in [0.5, 0.6) is 0 Å². The van der Waals surface area contributed by atoms with Gasteiger partial charge in [-0.05, 0) is 35.5 Å². The van der Waals surface area contributed by atoms with Gasteiger partial charge in [-0.2, -0.15) is 0 Å². The van der Waals surface area contributed by atoms with Gasteiger partial charge >= 0.3 is 0 Å². The second-order valence-electron chi connectivity index (χ2n) is 7.00. The molecule has 0 aromatic heterocycles. The fourth-order valence-electron chi connectivity index (χ4n) is 3.84. The Hall–Kier alpha value is 0. The molecule has 0 aliphatic heterocycles. The van der Waals surface area contributed by atoms with Crippen molar-refractivity contribution >= 4 is 0 Å². The maximum atomic E-state index is 2.53. The topological polar surface area (TPSA) is 0 Å². The van der Waals surface area contributed by atoms with Crippen molar-refractivity contribution in [2.75, 3.05) is 0 Å². The monoisotopic (exact) mass is 238 g/mol. The van der Waals surface area contributed by atoms with Crippen LogP contribution in [0.15, 0.2) is 0 Å². The molecule has 0 aromatic rings. The van der Waals surface area contributed by atoms with Gasteiger partial charge in [0.1, 0.15) is 0 Å². The highest BCUT2D eigenvalue weighted by atomic mass is 14.4. The van der Waals surface area contributed by atoms with Crippen molar-refractivity contribution in [1.29, 1.82) is 0 Å². The molecule has 0 amide bonds. The average Bonchev–Trinajstić information content (AvgIpc) is 2.21. The van der Waals surface area contributed by atoms with Gasteiger partial charge in [0.25, 0.3) is 0 Å². The minimum Gasteiger partial charge on any atom is -0.0654 e. The van der Waals surface area contributed by atoms with Crippen LogP contribution in [0.3, 0.4) is 0 Å². The van der Waals surface area contributed by atoms with E-state index in [1.165, 1.54) is 32.1 Å². The van der Waals surface area contributed by atoms with E-state index in [0.717, 1.165) is 35.5 Å². The summed E-state index contributed by atoms with van der Waals surface area (Å²) in [6, 6.07) is 0. The molecular weight excluding hydrogens is 204 g/mol. The number of hydrogen-bond donors (Lipinski definition) is 0. The molecular formula is C17H34. The molecule has 0 bridgehead atoms. The van der Waals surface area contributed by atoms with Crippen LogP contribution in [0.4, 0.5) is 0 Å². The Balaban J connectivity index is 2.67. The standard InChI is InChI=1S/C17H34/c1-7-9-13(4)17(16-10-8-11-16)15(6)14(5)12(2)3/h12-17H,7-11H2,1-6H3. The fourth-order valence-corrected chi connectivity index (χ4v) is 3.84. The van der Waals surface area contributed by atoms with Crippen LogP contribution in [0.2, 0.25) is 0 Å². The van der Waals surface area contributed by atoms with Crippen LogP contribution in [-0.2, 0) is 0 Å². The average molecular weight is 238 g/mol. The predicted molar refractivity (Wildman–Crippen MR) is 78.1 cm³/mol. The minimum absolute atomic E-state index is 0.835. The minimum atomic E-state index is 0.835. The van der Waals surface area contributed by atoms with Gasteiger partial charge in [-0.15, -0.1) is 0 Å². The fraction of sp³-hybridized carbons (Fsp3) is 1.00. The molecule has 0 heteroatoms. The van der Waals surface area contributed by atoms with E-state index in [-0.39, 0.29) is 0 Å². The van der Waals surface area contributed by atoms with Gasteiger partial charge in [0, 0.05) is 0 Å². The van der Waals surface area contributed by atoms with Crippen LogP contribution >= 0.6 is 0 Å². The van der Waals surface area contributed by atoms with E-state index >= 15 is 0 Å². The van der Waals surface area contributed by atoms with E-state index in [0.29, 0.717) is 0 Å². The van der Waals surface area contributed by atoms with E-state index < -0.39 is 0 Å². The first kappa shape index (κ1) is 15.1. The highest BCUT2D eigenvalue weighted by Gasteiger charge is 2.36. The van der Waals surface area contributed by atoms with Crippen molar-refractivity contribution in [2.24, 2.45) is 35.5 Å². The van der Waals surface area contributed by atoms with Gasteiger partial charge in [-0.25, -0.2) is 0 Å². The van der Waals surface area contributed by atoms with Crippen LogP contribution in [0, 0.1) is 35.5 Å². The summed E-state index contributed by atoms with van der Waals surface area (Å²) in [5.74, 6) is 5.58. The molecule has 1 aliphatic rings. The zero-order valence-electron chi connectivity index (χ0n) is 13.0. The van der Waals surface area contributed by atoms with Gasteiger partial charge in [0.15, 0.2) is 0 Å². The van der Waals surface area contributed by atoms with Gasteiger partial charge in [-0.3, -0.25) is 0 Å². The van der Waals surface area contributed by atoms with Crippen molar-refractivity contribution in [3.8, 4) is 0 Å². The zero-order chi connectivity index (χ0) is 13.0. The zero-order valence-corrected chi connectivity index (χ0v) is 13.0. The first-order valence-electron chi connectivity index (χ1n) is 7.99. The van der Waals surface area contributed by atoms with Crippen molar-refractivity contribution in [2.45, 2.75) is 73.6 Å². The third-order valence-corrected chi connectivity index (χ3v) is 5.58. The molecule has 0 spiro atoms. The largest absolute Gasteiger partial charge is 0.0654 e. The molecule has 1 fully saturated rings. The second-order valence-corrected chi connectivity index (χ2v) is 7.00. The van der Waals surface area contributed by atoms with Crippen LogP contribution in [-0.4, -0.2) is 0 Å².